The van der Waals surface area contributed by atoms with Gasteiger partial charge in [-0.1, -0.05) is 30.3 Å². The van der Waals surface area contributed by atoms with Crippen LogP contribution < -0.4 is 10.2 Å². The number of rotatable bonds is 5. The van der Waals surface area contributed by atoms with Crippen molar-refractivity contribution in [2.24, 2.45) is 5.92 Å². The van der Waals surface area contributed by atoms with Crippen molar-refractivity contribution in [3.8, 4) is 0 Å². The smallest absolute Gasteiger partial charge is 0.227 e. The van der Waals surface area contributed by atoms with Crippen molar-refractivity contribution < 1.29 is 9.59 Å². The number of amides is 2. The van der Waals surface area contributed by atoms with E-state index < -0.39 is 0 Å². The molecule has 1 N–H and O–H groups in total. The number of anilines is 1. The summed E-state index contributed by atoms with van der Waals surface area (Å²) in [6.45, 7) is 4.95. The molecular formula is C18H22N4O2. The zero-order valence-electron chi connectivity index (χ0n) is 14.0. The Bertz CT molecular complexity index is 724. The first-order valence-corrected chi connectivity index (χ1v) is 8.20. The zero-order chi connectivity index (χ0) is 17.1. The average Bonchev–Trinajstić information content (AvgIpc) is 3.20. The monoisotopic (exact) mass is 326 g/mol. The number of nitrogens with zero attached hydrogens (tertiary/aromatic N) is 3. The van der Waals surface area contributed by atoms with Crippen molar-refractivity contribution in [2.75, 3.05) is 11.4 Å². The van der Waals surface area contributed by atoms with E-state index >= 15 is 0 Å². The highest BCUT2D eigenvalue weighted by Crippen LogP contribution is 2.25. The van der Waals surface area contributed by atoms with Gasteiger partial charge in [0.25, 0.3) is 0 Å². The maximum atomic E-state index is 12.3. The van der Waals surface area contributed by atoms with Gasteiger partial charge in [-0.05, 0) is 19.4 Å². The first-order chi connectivity index (χ1) is 11.5. The van der Waals surface area contributed by atoms with Crippen LogP contribution in [0, 0.1) is 5.92 Å². The van der Waals surface area contributed by atoms with E-state index in [1.807, 2.05) is 55.1 Å². The molecule has 2 aromatic rings. The van der Waals surface area contributed by atoms with Gasteiger partial charge in [0.05, 0.1) is 17.8 Å². The molecule has 0 spiro atoms. The predicted molar refractivity (Wildman–Crippen MR) is 91.4 cm³/mol. The lowest BCUT2D eigenvalue weighted by Crippen LogP contribution is -2.32. The molecule has 24 heavy (non-hydrogen) atoms. The van der Waals surface area contributed by atoms with Crippen LogP contribution in [0.25, 0.3) is 0 Å². The minimum Gasteiger partial charge on any atom is -0.352 e. The molecule has 2 amide bonds. The van der Waals surface area contributed by atoms with Crippen molar-refractivity contribution in [1.82, 2.24) is 15.1 Å². The van der Waals surface area contributed by atoms with Crippen LogP contribution in [0.3, 0.4) is 0 Å². The summed E-state index contributed by atoms with van der Waals surface area (Å²) in [5.74, 6) is -0.423. The third-order valence-corrected chi connectivity index (χ3v) is 4.23. The maximum Gasteiger partial charge on any atom is 0.227 e. The molecule has 0 bridgehead atoms. The SMILES string of the molecule is CC(C)n1cc(N2CC(C(=O)NCc3ccccc3)CC2=O)cn1. The molecule has 6 nitrogen and oxygen atoms in total. The summed E-state index contributed by atoms with van der Waals surface area (Å²) in [5.41, 5.74) is 1.80. The molecular weight excluding hydrogens is 304 g/mol. The number of hydrogen-bond acceptors (Lipinski definition) is 3. The van der Waals surface area contributed by atoms with E-state index in [1.54, 1.807) is 11.1 Å². The second kappa shape index (κ2) is 6.86. The molecule has 2 heterocycles. The number of aromatic nitrogens is 2. The largest absolute Gasteiger partial charge is 0.352 e. The molecule has 1 atom stereocenters. The summed E-state index contributed by atoms with van der Waals surface area (Å²) in [4.78, 5) is 26.2. The van der Waals surface area contributed by atoms with Gasteiger partial charge in [0.1, 0.15) is 0 Å². The summed E-state index contributed by atoms with van der Waals surface area (Å²) in [6, 6.07) is 9.99. The lowest BCUT2D eigenvalue weighted by molar-refractivity contribution is -0.126. The Labute approximate surface area is 141 Å². The molecule has 6 heteroatoms. The molecule has 1 aliphatic rings. The van der Waals surface area contributed by atoms with Crippen molar-refractivity contribution in [3.63, 3.8) is 0 Å². The van der Waals surface area contributed by atoms with Crippen LogP contribution in [0.1, 0.15) is 31.9 Å². The Kier molecular flexibility index (Phi) is 4.64. The average molecular weight is 326 g/mol. The van der Waals surface area contributed by atoms with Gasteiger partial charge in [-0.25, -0.2) is 0 Å². The van der Waals surface area contributed by atoms with Gasteiger partial charge in [0.2, 0.25) is 11.8 Å². The van der Waals surface area contributed by atoms with Crippen molar-refractivity contribution in [1.29, 1.82) is 0 Å². The maximum absolute atomic E-state index is 12.3. The number of hydrogen-bond donors (Lipinski definition) is 1. The fraction of sp³-hybridized carbons (Fsp3) is 0.389. The van der Waals surface area contributed by atoms with Gasteiger partial charge < -0.3 is 10.2 Å². The Morgan fingerprint density at radius 1 is 1.33 bits per heavy atom. The number of nitrogens with one attached hydrogen (secondary N) is 1. The molecule has 1 saturated heterocycles. The van der Waals surface area contributed by atoms with E-state index in [4.69, 9.17) is 0 Å². The van der Waals surface area contributed by atoms with Crippen LogP contribution in [0.4, 0.5) is 5.69 Å². The van der Waals surface area contributed by atoms with Gasteiger partial charge in [0.15, 0.2) is 0 Å². The quantitative estimate of drug-likeness (QED) is 0.915. The van der Waals surface area contributed by atoms with Crippen molar-refractivity contribution >= 4 is 17.5 Å². The molecule has 1 aromatic carbocycles. The van der Waals surface area contributed by atoms with Gasteiger partial charge >= 0.3 is 0 Å². The molecule has 0 radical (unpaired) electrons. The minimum absolute atomic E-state index is 0.0295. The fourth-order valence-electron chi connectivity index (χ4n) is 2.81. The molecule has 0 aliphatic carbocycles. The highest BCUT2D eigenvalue weighted by molar-refractivity contribution is 6.00. The Balaban J connectivity index is 1.60. The van der Waals surface area contributed by atoms with E-state index in [0.717, 1.165) is 11.3 Å². The third-order valence-electron chi connectivity index (χ3n) is 4.23. The standard InChI is InChI=1S/C18H22N4O2/c1-13(2)22-12-16(10-20-22)21-11-15(8-17(21)23)18(24)19-9-14-6-4-3-5-7-14/h3-7,10,12-13,15H,8-9,11H2,1-2H3,(H,19,24). The molecule has 3 rings (SSSR count). The van der Waals surface area contributed by atoms with Crippen molar-refractivity contribution in [2.45, 2.75) is 32.9 Å². The first-order valence-electron chi connectivity index (χ1n) is 8.20. The lowest BCUT2D eigenvalue weighted by atomic mass is 10.1. The van der Waals surface area contributed by atoms with Crippen LogP contribution in [0.15, 0.2) is 42.7 Å². The minimum atomic E-state index is -0.316. The molecule has 1 aliphatic heterocycles. The number of benzene rings is 1. The highest BCUT2D eigenvalue weighted by Gasteiger charge is 2.35. The van der Waals surface area contributed by atoms with E-state index in [1.165, 1.54) is 0 Å². The van der Waals surface area contributed by atoms with Crippen molar-refractivity contribution in [3.05, 3.63) is 48.3 Å². The van der Waals surface area contributed by atoms with E-state index in [9.17, 15) is 9.59 Å². The van der Waals surface area contributed by atoms with Gasteiger partial charge in [-0.3, -0.25) is 14.3 Å². The Hall–Kier alpha value is -2.63. The summed E-state index contributed by atoms with van der Waals surface area (Å²) in [7, 11) is 0. The van der Waals surface area contributed by atoms with Crippen LogP contribution in [-0.2, 0) is 16.1 Å². The van der Waals surface area contributed by atoms with E-state index in [0.29, 0.717) is 13.1 Å². The van der Waals surface area contributed by atoms with Crippen LogP contribution >= 0.6 is 0 Å². The number of carbonyl (C=O) groups is 2. The molecule has 1 fully saturated rings. The predicted octanol–water partition coefficient (Wildman–Crippen LogP) is 2.13. The molecule has 0 saturated carbocycles. The first kappa shape index (κ1) is 16.2. The summed E-state index contributed by atoms with van der Waals surface area (Å²) in [6.07, 6.45) is 3.78. The van der Waals surface area contributed by atoms with Gasteiger partial charge in [0, 0.05) is 31.7 Å². The van der Waals surface area contributed by atoms with Crippen LogP contribution in [-0.4, -0.2) is 28.1 Å². The Morgan fingerprint density at radius 2 is 2.08 bits per heavy atom. The molecule has 126 valence electrons. The summed E-state index contributed by atoms with van der Waals surface area (Å²) in [5, 5.41) is 7.18. The fourth-order valence-corrected chi connectivity index (χ4v) is 2.81. The van der Waals surface area contributed by atoms with E-state index in [2.05, 4.69) is 10.4 Å². The lowest BCUT2D eigenvalue weighted by Gasteiger charge is -2.14. The molecule has 1 unspecified atom stereocenters. The number of carbonyl (C=O) groups excluding carboxylic acids is 2. The second-order valence-electron chi connectivity index (χ2n) is 6.38. The van der Waals surface area contributed by atoms with Crippen LogP contribution in [0.2, 0.25) is 0 Å². The third kappa shape index (κ3) is 3.48. The van der Waals surface area contributed by atoms with Gasteiger partial charge in [-0.2, -0.15) is 5.10 Å². The topological polar surface area (TPSA) is 67.2 Å². The zero-order valence-corrected chi connectivity index (χ0v) is 14.0. The normalized spacial score (nSPS) is 17.5. The van der Waals surface area contributed by atoms with Crippen LogP contribution in [0.5, 0.6) is 0 Å². The summed E-state index contributed by atoms with van der Waals surface area (Å²) < 4.78 is 1.81. The Morgan fingerprint density at radius 3 is 2.75 bits per heavy atom. The van der Waals surface area contributed by atoms with E-state index in [-0.39, 0.29) is 30.2 Å². The molecule has 1 aromatic heterocycles. The highest BCUT2D eigenvalue weighted by atomic mass is 16.2. The van der Waals surface area contributed by atoms with Gasteiger partial charge in [-0.15, -0.1) is 0 Å². The second-order valence-corrected chi connectivity index (χ2v) is 6.38. The summed E-state index contributed by atoms with van der Waals surface area (Å²) >= 11 is 0.